The number of carbonyl (C=O) groups is 2. The summed E-state index contributed by atoms with van der Waals surface area (Å²) in [4.78, 5) is 40.1. The molecule has 0 radical (unpaired) electrons. The van der Waals surface area contributed by atoms with Crippen LogP contribution in [0.2, 0.25) is 0 Å². The number of aliphatic imine (C=N–C) groups is 1. The standard InChI is InChI=1S/C34H37N5O3S/c1-4-38(5-2)33(41)31-24(3)37-34-39(28(23-43-34)21-30(40)36-19-17-27-15-9-10-18-35-27)32(31)26-14-11-16-29(20-26)42-22-25-12-7-6-8-13-25/h6-16,18,20,23,32H,4-5,17,19,21-22H2,1-3H3,(H,36,40). The van der Waals surface area contributed by atoms with Gasteiger partial charge in [0.15, 0.2) is 5.17 Å². The number of aromatic nitrogens is 1. The van der Waals surface area contributed by atoms with E-state index in [4.69, 9.17) is 9.73 Å². The summed E-state index contributed by atoms with van der Waals surface area (Å²) >= 11 is 1.48. The third kappa shape index (κ3) is 7.17. The number of carbonyl (C=O) groups excluding carboxylic acids is 2. The number of amidine groups is 1. The highest BCUT2D eigenvalue weighted by molar-refractivity contribution is 8.16. The van der Waals surface area contributed by atoms with Crippen molar-refractivity contribution < 1.29 is 14.3 Å². The van der Waals surface area contributed by atoms with Gasteiger partial charge >= 0.3 is 0 Å². The summed E-state index contributed by atoms with van der Waals surface area (Å²) in [7, 11) is 0. The number of hydrogen-bond acceptors (Lipinski definition) is 7. The minimum Gasteiger partial charge on any atom is -0.489 e. The van der Waals surface area contributed by atoms with Crippen LogP contribution in [0.5, 0.6) is 5.75 Å². The lowest BCUT2D eigenvalue weighted by Gasteiger charge is -2.38. The number of nitrogens with one attached hydrogen (secondary N) is 1. The van der Waals surface area contributed by atoms with Crippen molar-refractivity contribution in [1.82, 2.24) is 20.1 Å². The lowest BCUT2D eigenvalue weighted by atomic mass is 9.92. The number of hydrogen-bond donors (Lipinski definition) is 1. The van der Waals surface area contributed by atoms with Gasteiger partial charge in [-0.1, -0.05) is 60.3 Å². The van der Waals surface area contributed by atoms with E-state index in [2.05, 4.69) is 10.3 Å². The molecule has 2 aliphatic heterocycles. The Kier molecular flexibility index (Phi) is 9.94. The van der Waals surface area contributed by atoms with Crippen molar-refractivity contribution in [1.29, 1.82) is 0 Å². The Hall–Kier alpha value is -4.37. The Balaban J connectivity index is 1.41. The first-order valence-electron chi connectivity index (χ1n) is 14.7. The molecule has 1 unspecified atom stereocenters. The van der Waals surface area contributed by atoms with E-state index in [0.717, 1.165) is 27.7 Å². The van der Waals surface area contributed by atoms with Gasteiger partial charge in [-0.15, -0.1) is 0 Å². The Morgan fingerprint density at radius 3 is 2.56 bits per heavy atom. The van der Waals surface area contributed by atoms with Gasteiger partial charge in [0, 0.05) is 43.6 Å². The van der Waals surface area contributed by atoms with Crippen LogP contribution in [0.15, 0.2) is 106 Å². The zero-order valence-electron chi connectivity index (χ0n) is 24.8. The minimum absolute atomic E-state index is 0.0537. The predicted molar refractivity (Wildman–Crippen MR) is 171 cm³/mol. The number of pyridine rings is 1. The molecule has 5 rings (SSSR count). The summed E-state index contributed by atoms with van der Waals surface area (Å²) in [6.07, 6.45) is 2.57. The highest BCUT2D eigenvalue weighted by Gasteiger charge is 2.41. The molecule has 0 saturated heterocycles. The summed E-state index contributed by atoms with van der Waals surface area (Å²) in [5.74, 6) is 0.565. The average molecular weight is 596 g/mol. The van der Waals surface area contributed by atoms with Gasteiger partial charge in [-0.25, -0.2) is 4.99 Å². The van der Waals surface area contributed by atoms with Crippen LogP contribution in [0.25, 0.3) is 0 Å². The maximum absolute atomic E-state index is 14.0. The zero-order valence-corrected chi connectivity index (χ0v) is 25.6. The fraction of sp³-hybridized carbons (Fsp3) is 0.294. The van der Waals surface area contributed by atoms with E-state index < -0.39 is 6.04 Å². The fourth-order valence-corrected chi connectivity index (χ4v) is 6.22. The molecule has 2 aliphatic rings. The van der Waals surface area contributed by atoms with Gasteiger partial charge in [0.25, 0.3) is 5.91 Å². The Labute approximate surface area is 257 Å². The van der Waals surface area contributed by atoms with Gasteiger partial charge in [-0.2, -0.15) is 0 Å². The van der Waals surface area contributed by atoms with Gasteiger partial charge < -0.3 is 19.9 Å². The van der Waals surface area contributed by atoms with Crippen LogP contribution in [-0.4, -0.2) is 51.4 Å². The Bertz CT molecular complexity index is 1530. The van der Waals surface area contributed by atoms with Crippen LogP contribution < -0.4 is 10.1 Å². The van der Waals surface area contributed by atoms with Crippen molar-refractivity contribution in [3.05, 3.63) is 118 Å². The molecule has 9 heteroatoms. The quantitative estimate of drug-likeness (QED) is 0.283. The molecular weight excluding hydrogens is 558 g/mol. The maximum atomic E-state index is 14.0. The van der Waals surface area contributed by atoms with Crippen molar-refractivity contribution in [2.75, 3.05) is 19.6 Å². The van der Waals surface area contributed by atoms with Crippen LogP contribution in [0.1, 0.15) is 50.1 Å². The first-order valence-corrected chi connectivity index (χ1v) is 15.5. The Morgan fingerprint density at radius 1 is 1.02 bits per heavy atom. The maximum Gasteiger partial charge on any atom is 0.254 e. The first kappa shape index (κ1) is 30.1. The molecule has 1 N–H and O–H groups in total. The molecule has 0 spiro atoms. The third-order valence-corrected chi connectivity index (χ3v) is 8.36. The smallest absolute Gasteiger partial charge is 0.254 e. The molecule has 0 saturated carbocycles. The van der Waals surface area contributed by atoms with Crippen molar-refractivity contribution in [3.8, 4) is 5.75 Å². The van der Waals surface area contributed by atoms with Gasteiger partial charge in [0.1, 0.15) is 12.4 Å². The van der Waals surface area contributed by atoms with Crippen molar-refractivity contribution in [2.45, 2.75) is 46.3 Å². The molecule has 1 atom stereocenters. The second-order valence-corrected chi connectivity index (χ2v) is 11.2. The Morgan fingerprint density at radius 2 is 1.81 bits per heavy atom. The molecule has 0 fully saturated rings. The van der Waals surface area contributed by atoms with Crippen molar-refractivity contribution >= 4 is 28.7 Å². The molecule has 3 heterocycles. The molecular formula is C34H37N5O3S. The minimum atomic E-state index is -0.455. The third-order valence-electron chi connectivity index (χ3n) is 7.48. The highest BCUT2D eigenvalue weighted by Crippen LogP contribution is 2.45. The van der Waals surface area contributed by atoms with Crippen LogP contribution >= 0.6 is 11.8 Å². The van der Waals surface area contributed by atoms with Crippen LogP contribution in [-0.2, 0) is 22.6 Å². The van der Waals surface area contributed by atoms with Gasteiger partial charge in [0.2, 0.25) is 5.91 Å². The molecule has 2 amide bonds. The van der Waals surface area contributed by atoms with Crippen LogP contribution in [0, 0.1) is 0 Å². The van der Waals surface area contributed by atoms with E-state index >= 15 is 0 Å². The second kappa shape index (κ2) is 14.2. The number of likely N-dealkylation sites (N-methyl/N-ethyl adjacent to an activating group) is 1. The van der Waals surface area contributed by atoms with E-state index in [1.54, 1.807) is 6.20 Å². The van der Waals surface area contributed by atoms with Gasteiger partial charge in [0.05, 0.1) is 23.7 Å². The van der Waals surface area contributed by atoms with E-state index in [1.165, 1.54) is 11.8 Å². The number of thioether (sulfide) groups is 1. The van der Waals surface area contributed by atoms with Crippen molar-refractivity contribution in [3.63, 3.8) is 0 Å². The molecule has 2 aromatic carbocycles. The van der Waals surface area contributed by atoms with Crippen LogP contribution in [0.3, 0.4) is 0 Å². The summed E-state index contributed by atoms with van der Waals surface area (Å²) in [6, 6.07) is 23.2. The summed E-state index contributed by atoms with van der Waals surface area (Å²) < 4.78 is 6.17. The number of allylic oxidation sites excluding steroid dienone is 1. The number of amides is 2. The summed E-state index contributed by atoms with van der Waals surface area (Å²) in [6.45, 7) is 7.96. The van der Waals surface area contributed by atoms with Gasteiger partial charge in [-0.3, -0.25) is 14.6 Å². The molecule has 0 aliphatic carbocycles. The lowest BCUT2D eigenvalue weighted by Crippen LogP contribution is -2.42. The molecule has 43 heavy (non-hydrogen) atoms. The zero-order chi connectivity index (χ0) is 30.2. The molecule has 0 bridgehead atoms. The van der Waals surface area contributed by atoms with Gasteiger partial charge in [-0.05, 0) is 61.6 Å². The highest BCUT2D eigenvalue weighted by atomic mass is 32.2. The summed E-state index contributed by atoms with van der Waals surface area (Å²) in [5.41, 5.74) is 5.00. The molecule has 222 valence electrons. The topological polar surface area (TPSA) is 87.1 Å². The normalized spacial score (nSPS) is 15.9. The van der Waals surface area contributed by atoms with E-state index in [9.17, 15) is 9.59 Å². The monoisotopic (exact) mass is 595 g/mol. The fourth-order valence-electron chi connectivity index (χ4n) is 5.26. The first-order chi connectivity index (χ1) is 21.0. The van der Waals surface area contributed by atoms with Crippen LogP contribution in [0.4, 0.5) is 0 Å². The van der Waals surface area contributed by atoms with E-state index in [1.807, 2.05) is 109 Å². The SMILES string of the molecule is CCN(CC)C(=O)C1=C(C)N=C2SC=C(CC(=O)NCCc3ccccn3)N2C1c1cccc(OCc2ccccc2)c1. The number of ether oxygens (including phenoxy) is 1. The number of benzene rings is 2. The largest absolute Gasteiger partial charge is 0.489 e. The van der Waals surface area contributed by atoms with E-state index in [-0.39, 0.29) is 18.2 Å². The summed E-state index contributed by atoms with van der Waals surface area (Å²) in [5, 5.41) is 5.75. The number of fused-ring (bicyclic) bond motifs is 1. The molecule has 8 nitrogen and oxygen atoms in total. The molecule has 3 aromatic rings. The van der Waals surface area contributed by atoms with E-state index in [0.29, 0.717) is 49.7 Å². The predicted octanol–water partition coefficient (Wildman–Crippen LogP) is 5.85. The second-order valence-electron chi connectivity index (χ2n) is 10.3. The number of nitrogens with zero attached hydrogens (tertiary/aromatic N) is 4. The number of rotatable bonds is 12. The lowest BCUT2D eigenvalue weighted by molar-refractivity contribution is -0.127. The average Bonchev–Trinajstić information content (AvgIpc) is 3.42. The van der Waals surface area contributed by atoms with Crippen molar-refractivity contribution in [2.24, 2.45) is 4.99 Å². The molecule has 1 aromatic heterocycles.